The van der Waals surface area contributed by atoms with E-state index in [-0.39, 0.29) is 42.5 Å². The second-order valence-corrected chi connectivity index (χ2v) is 6.45. The van der Waals surface area contributed by atoms with Crippen molar-refractivity contribution >= 4 is 35.8 Å². The van der Waals surface area contributed by atoms with E-state index in [0.29, 0.717) is 11.9 Å². The van der Waals surface area contributed by atoms with Gasteiger partial charge in [0.2, 0.25) is 5.91 Å². The third-order valence-electron chi connectivity index (χ3n) is 3.56. The first-order valence-corrected chi connectivity index (χ1v) is 8.11. The van der Waals surface area contributed by atoms with Gasteiger partial charge in [-0.15, -0.1) is 24.0 Å². The summed E-state index contributed by atoms with van der Waals surface area (Å²) in [5, 5.41) is 6.69. The number of hydrogen-bond donors (Lipinski definition) is 2. The molecule has 0 aliphatic heterocycles. The molecule has 0 radical (unpaired) electrons. The summed E-state index contributed by atoms with van der Waals surface area (Å²) < 4.78 is 0. The highest BCUT2D eigenvalue weighted by Crippen LogP contribution is 2.16. The summed E-state index contributed by atoms with van der Waals surface area (Å²) in [4.78, 5) is 17.7. The molecule has 2 N–H and O–H groups in total. The molecular weight excluding hydrogens is 415 g/mol. The van der Waals surface area contributed by atoms with Crippen molar-refractivity contribution in [1.29, 1.82) is 0 Å². The van der Waals surface area contributed by atoms with Gasteiger partial charge in [-0.2, -0.15) is 0 Å². The molecule has 0 fully saturated rings. The number of aryl methyl sites for hydroxylation is 1. The fraction of sp³-hybridized carbons (Fsp3) is 0.556. The average Bonchev–Trinajstić information content (AvgIpc) is 2.49. The summed E-state index contributed by atoms with van der Waals surface area (Å²) in [5.41, 5.74) is 2.46. The number of hydrogen-bond acceptors (Lipinski definition) is 2. The lowest BCUT2D eigenvalue weighted by Gasteiger charge is -2.21. The molecule has 0 heterocycles. The second-order valence-electron chi connectivity index (χ2n) is 6.45. The Balaban J connectivity index is 0.00000529. The van der Waals surface area contributed by atoms with Crippen molar-refractivity contribution in [3.63, 3.8) is 0 Å². The first-order chi connectivity index (χ1) is 10.8. The lowest BCUT2D eigenvalue weighted by molar-refractivity contribution is -0.127. The smallest absolute Gasteiger partial charge is 0.243 e. The maximum Gasteiger partial charge on any atom is 0.243 e. The molecular formula is C18H31IN4O. The highest BCUT2D eigenvalue weighted by molar-refractivity contribution is 14.0. The van der Waals surface area contributed by atoms with Gasteiger partial charge in [0.15, 0.2) is 5.96 Å². The highest BCUT2D eigenvalue weighted by atomic mass is 127. The number of benzene rings is 1. The van der Waals surface area contributed by atoms with Gasteiger partial charge in [0, 0.05) is 20.6 Å². The van der Waals surface area contributed by atoms with Crippen molar-refractivity contribution < 1.29 is 4.79 Å². The lowest BCUT2D eigenvalue weighted by Crippen LogP contribution is -2.41. The summed E-state index contributed by atoms with van der Waals surface area (Å²) in [6.45, 7) is 9.42. The molecule has 0 aliphatic carbocycles. The summed E-state index contributed by atoms with van der Waals surface area (Å²) >= 11 is 0. The molecule has 1 amide bonds. The molecule has 0 spiro atoms. The number of likely N-dealkylation sites (N-methyl/N-ethyl adjacent to an activating group) is 1. The van der Waals surface area contributed by atoms with E-state index in [1.165, 1.54) is 11.1 Å². The van der Waals surface area contributed by atoms with E-state index < -0.39 is 0 Å². The summed E-state index contributed by atoms with van der Waals surface area (Å²) in [6.07, 6.45) is 0. The topological polar surface area (TPSA) is 56.7 Å². The third kappa shape index (κ3) is 7.99. The van der Waals surface area contributed by atoms with Crippen LogP contribution >= 0.6 is 24.0 Å². The Morgan fingerprint density at radius 1 is 1.21 bits per heavy atom. The van der Waals surface area contributed by atoms with Gasteiger partial charge in [-0.3, -0.25) is 4.79 Å². The van der Waals surface area contributed by atoms with E-state index >= 15 is 0 Å². The van der Waals surface area contributed by atoms with E-state index in [0.717, 1.165) is 6.54 Å². The maximum absolute atomic E-state index is 11.8. The fourth-order valence-corrected chi connectivity index (χ4v) is 2.10. The number of guanidine groups is 1. The van der Waals surface area contributed by atoms with E-state index in [1.807, 2.05) is 12.1 Å². The zero-order valence-corrected chi connectivity index (χ0v) is 17.9. The van der Waals surface area contributed by atoms with Crippen LogP contribution in [0.3, 0.4) is 0 Å². The normalized spacial score (nSPS) is 12.4. The molecule has 1 atom stereocenters. The molecule has 6 heteroatoms. The number of amides is 1. The van der Waals surface area contributed by atoms with Crippen molar-refractivity contribution in [3.05, 3.63) is 35.4 Å². The van der Waals surface area contributed by atoms with Crippen LogP contribution in [-0.2, 0) is 4.79 Å². The number of halogens is 1. The SMILES string of the molecule is Cc1ccccc1C(C)NC(=NCC(=O)N(C)C)NCC(C)C.I. The molecule has 1 aromatic rings. The molecule has 1 unspecified atom stereocenters. The molecule has 5 nitrogen and oxygen atoms in total. The van der Waals surface area contributed by atoms with Crippen molar-refractivity contribution in [1.82, 2.24) is 15.5 Å². The minimum absolute atomic E-state index is 0. The number of carbonyl (C=O) groups excluding carboxylic acids is 1. The quantitative estimate of drug-likeness (QED) is 0.402. The Hall–Kier alpha value is -1.31. The summed E-state index contributed by atoms with van der Waals surface area (Å²) in [5.74, 6) is 1.16. The van der Waals surface area contributed by atoms with Gasteiger partial charge in [-0.05, 0) is 30.9 Å². The van der Waals surface area contributed by atoms with Crippen molar-refractivity contribution in [2.24, 2.45) is 10.9 Å². The summed E-state index contributed by atoms with van der Waals surface area (Å²) in [6, 6.07) is 8.39. The lowest BCUT2D eigenvalue weighted by atomic mass is 10.0. The van der Waals surface area contributed by atoms with E-state index in [1.54, 1.807) is 19.0 Å². The molecule has 0 saturated carbocycles. The number of nitrogens with zero attached hydrogens (tertiary/aromatic N) is 2. The van der Waals surface area contributed by atoms with Crippen molar-refractivity contribution in [2.75, 3.05) is 27.2 Å². The van der Waals surface area contributed by atoms with Crippen LogP contribution in [0, 0.1) is 12.8 Å². The molecule has 0 aromatic heterocycles. The van der Waals surface area contributed by atoms with E-state index in [9.17, 15) is 4.79 Å². The van der Waals surface area contributed by atoms with Crippen LogP contribution in [0.4, 0.5) is 0 Å². The van der Waals surface area contributed by atoms with Gasteiger partial charge in [0.25, 0.3) is 0 Å². The Bertz CT molecular complexity index is 544. The summed E-state index contributed by atoms with van der Waals surface area (Å²) in [7, 11) is 3.48. The zero-order valence-electron chi connectivity index (χ0n) is 15.6. The van der Waals surface area contributed by atoms with Gasteiger partial charge < -0.3 is 15.5 Å². The predicted molar refractivity (Wildman–Crippen MR) is 112 cm³/mol. The zero-order chi connectivity index (χ0) is 17.4. The number of carbonyl (C=O) groups is 1. The Kier molecular flexibility index (Phi) is 10.7. The Morgan fingerprint density at radius 2 is 1.83 bits per heavy atom. The average molecular weight is 446 g/mol. The molecule has 0 bridgehead atoms. The number of rotatable bonds is 6. The van der Waals surface area contributed by atoms with Gasteiger partial charge in [0.1, 0.15) is 6.54 Å². The predicted octanol–water partition coefficient (Wildman–Crippen LogP) is 2.95. The molecule has 24 heavy (non-hydrogen) atoms. The Labute approximate surface area is 163 Å². The van der Waals surface area contributed by atoms with Crippen molar-refractivity contribution in [3.8, 4) is 0 Å². The first kappa shape index (κ1) is 22.7. The maximum atomic E-state index is 11.8. The largest absolute Gasteiger partial charge is 0.356 e. The van der Waals surface area contributed by atoms with Gasteiger partial charge in [-0.25, -0.2) is 4.99 Å². The number of nitrogens with one attached hydrogen (secondary N) is 2. The van der Waals surface area contributed by atoms with Gasteiger partial charge in [0.05, 0.1) is 6.04 Å². The monoisotopic (exact) mass is 446 g/mol. The molecule has 0 aliphatic rings. The Morgan fingerprint density at radius 3 is 2.38 bits per heavy atom. The second kappa shape index (κ2) is 11.3. The van der Waals surface area contributed by atoms with Crippen LogP contribution in [0.1, 0.15) is 37.9 Å². The van der Waals surface area contributed by atoms with Gasteiger partial charge in [-0.1, -0.05) is 38.1 Å². The van der Waals surface area contributed by atoms with Gasteiger partial charge >= 0.3 is 0 Å². The fourth-order valence-electron chi connectivity index (χ4n) is 2.10. The molecule has 1 aromatic carbocycles. The molecule has 1 rings (SSSR count). The van der Waals surface area contributed by atoms with Crippen LogP contribution < -0.4 is 10.6 Å². The number of aliphatic imine (C=N–C) groups is 1. The highest BCUT2D eigenvalue weighted by Gasteiger charge is 2.11. The van der Waals surface area contributed by atoms with Crippen LogP contribution in [0.2, 0.25) is 0 Å². The first-order valence-electron chi connectivity index (χ1n) is 8.11. The molecule has 0 saturated heterocycles. The van der Waals surface area contributed by atoms with Crippen LogP contribution in [0.15, 0.2) is 29.3 Å². The van der Waals surface area contributed by atoms with Crippen molar-refractivity contribution in [2.45, 2.75) is 33.7 Å². The van der Waals surface area contributed by atoms with E-state index in [4.69, 9.17) is 0 Å². The van der Waals surface area contributed by atoms with Crippen LogP contribution in [0.5, 0.6) is 0 Å². The van der Waals surface area contributed by atoms with Crippen LogP contribution in [0.25, 0.3) is 0 Å². The third-order valence-corrected chi connectivity index (χ3v) is 3.56. The minimum Gasteiger partial charge on any atom is -0.356 e. The molecule has 136 valence electrons. The standard InChI is InChI=1S/C18H30N4O.HI/c1-13(2)11-19-18(20-12-17(23)22(5)6)21-15(4)16-10-8-7-9-14(16)3;/h7-10,13,15H,11-12H2,1-6H3,(H2,19,20,21);1H. The minimum atomic E-state index is -0.0146. The van der Waals surface area contributed by atoms with Crippen LogP contribution in [-0.4, -0.2) is 44.0 Å². The van der Waals surface area contributed by atoms with E-state index in [2.05, 4.69) is 55.5 Å².